The average molecular weight is 438 g/mol. The van der Waals surface area contributed by atoms with Crippen LogP contribution in [0.2, 0.25) is 0 Å². The first-order valence-electron chi connectivity index (χ1n) is 9.48. The number of amides is 1. The SMILES string of the molecule is COc1cccc(C(=O)CSc2cccc(NC(=O)c3c(OC)cccc3OC)c2)c1. The Morgan fingerprint density at radius 3 is 2.19 bits per heavy atom. The highest BCUT2D eigenvalue weighted by Crippen LogP contribution is 2.30. The van der Waals surface area contributed by atoms with Crippen molar-refractivity contribution in [1.82, 2.24) is 0 Å². The highest BCUT2D eigenvalue weighted by atomic mass is 32.2. The molecule has 31 heavy (non-hydrogen) atoms. The van der Waals surface area contributed by atoms with Gasteiger partial charge in [0, 0.05) is 16.1 Å². The van der Waals surface area contributed by atoms with E-state index in [-0.39, 0.29) is 17.4 Å². The molecule has 3 aromatic rings. The van der Waals surface area contributed by atoms with Gasteiger partial charge >= 0.3 is 0 Å². The zero-order valence-corrected chi connectivity index (χ0v) is 18.3. The van der Waals surface area contributed by atoms with Gasteiger partial charge in [-0.15, -0.1) is 11.8 Å². The van der Waals surface area contributed by atoms with Crippen LogP contribution in [0.5, 0.6) is 17.2 Å². The van der Waals surface area contributed by atoms with Crippen LogP contribution in [0, 0.1) is 0 Å². The smallest absolute Gasteiger partial charge is 0.263 e. The maximum atomic E-state index is 12.9. The molecule has 3 aromatic carbocycles. The van der Waals surface area contributed by atoms with Crippen molar-refractivity contribution in [2.75, 3.05) is 32.4 Å². The van der Waals surface area contributed by atoms with E-state index < -0.39 is 0 Å². The lowest BCUT2D eigenvalue weighted by Crippen LogP contribution is -2.14. The molecule has 1 N–H and O–H groups in total. The molecule has 3 rings (SSSR count). The van der Waals surface area contributed by atoms with Crippen LogP contribution in [0.3, 0.4) is 0 Å². The Bertz CT molecular complexity index is 1060. The molecule has 160 valence electrons. The van der Waals surface area contributed by atoms with E-state index in [2.05, 4.69) is 5.32 Å². The molecule has 0 saturated heterocycles. The summed E-state index contributed by atoms with van der Waals surface area (Å²) in [5.41, 5.74) is 1.52. The quantitative estimate of drug-likeness (QED) is 0.378. The van der Waals surface area contributed by atoms with E-state index in [1.807, 2.05) is 18.2 Å². The van der Waals surface area contributed by atoms with Gasteiger partial charge in [-0.1, -0.05) is 24.3 Å². The maximum absolute atomic E-state index is 12.9. The second-order valence-corrected chi connectivity index (χ2v) is 7.51. The minimum Gasteiger partial charge on any atom is -0.497 e. The second kappa shape index (κ2) is 10.5. The third-order valence-electron chi connectivity index (χ3n) is 4.51. The highest BCUT2D eigenvalue weighted by Gasteiger charge is 2.18. The van der Waals surface area contributed by atoms with Gasteiger partial charge in [-0.25, -0.2) is 0 Å². The van der Waals surface area contributed by atoms with Crippen LogP contribution in [0.25, 0.3) is 0 Å². The molecule has 6 nitrogen and oxygen atoms in total. The monoisotopic (exact) mass is 437 g/mol. The highest BCUT2D eigenvalue weighted by molar-refractivity contribution is 8.00. The fourth-order valence-electron chi connectivity index (χ4n) is 2.96. The summed E-state index contributed by atoms with van der Waals surface area (Å²) in [7, 11) is 4.57. The number of rotatable bonds is 9. The zero-order valence-electron chi connectivity index (χ0n) is 17.5. The Labute approximate surface area is 185 Å². The molecule has 0 aliphatic carbocycles. The van der Waals surface area contributed by atoms with Crippen molar-refractivity contribution in [3.63, 3.8) is 0 Å². The van der Waals surface area contributed by atoms with Gasteiger partial charge in [0.25, 0.3) is 5.91 Å². The van der Waals surface area contributed by atoms with Crippen LogP contribution < -0.4 is 19.5 Å². The van der Waals surface area contributed by atoms with E-state index >= 15 is 0 Å². The molecule has 1 amide bonds. The standard InChI is InChI=1S/C24H23NO5S/c1-28-18-9-4-7-16(13-18)20(26)15-31-19-10-5-8-17(14-19)25-24(27)23-21(29-2)11-6-12-22(23)30-3/h4-14H,15H2,1-3H3,(H,25,27). The van der Waals surface area contributed by atoms with Crippen molar-refractivity contribution in [2.24, 2.45) is 0 Å². The predicted molar refractivity (Wildman–Crippen MR) is 122 cm³/mol. The molecule has 0 heterocycles. The van der Waals surface area contributed by atoms with Gasteiger partial charge in [0.15, 0.2) is 5.78 Å². The summed E-state index contributed by atoms with van der Waals surface area (Å²) < 4.78 is 15.8. The van der Waals surface area contributed by atoms with Crippen LogP contribution in [0.4, 0.5) is 5.69 Å². The van der Waals surface area contributed by atoms with E-state index in [0.29, 0.717) is 34.1 Å². The molecule has 0 unspecified atom stereocenters. The number of hydrogen-bond donors (Lipinski definition) is 1. The summed E-state index contributed by atoms with van der Waals surface area (Å²) in [5.74, 6) is 1.41. The minimum absolute atomic E-state index is 0.00269. The first-order chi connectivity index (χ1) is 15.0. The molecule has 0 fully saturated rings. The normalized spacial score (nSPS) is 10.3. The van der Waals surface area contributed by atoms with E-state index in [0.717, 1.165) is 4.90 Å². The second-order valence-electron chi connectivity index (χ2n) is 6.46. The minimum atomic E-state index is -0.344. The Hall–Kier alpha value is -3.45. The summed E-state index contributed by atoms with van der Waals surface area (Å²) in [4.78, 5) is 26.2. The van der Waals surface area contributed by atoms with Crippen molar-refractivity contribution in [3.8, 4) is 17.2 Å². The molecule has 0 bridgehead atoms. The summed E-state index contributed by atoms with van der Waals surface area (Å²) in [6, 6.07) is 19.6. The van der Waals surface area contributed by atoms with Gasteiger partial charge in [-0.3, -0.25) is 9.59 Å². The number of carbonyl (C=O) groups is 2. The van der Waals surface area contributed by atoms with Crippen molar-refractivity contribution in [2.45, 2.75) is 4.90 Å². The van der Waals surface area contributed by atoms with E-state index in [1.54, 1.807) is 55.6 Å². The predicted octanol–water partition coefficient (Wildman–Crippen LogP) is 4.94. The Kier molecular flexibility index (Phi) is 7.56. The molecular formula is C24H23NO5S. The molecular weight excluding hydrogens is 414 g/mol. The van der Waals surface area contributed by atoms with Gasteiger partial charge in [-0.2, -0.15) is 0 Å². The number of carbonyl (C=O) groups excluding carboxylic acids is 2. The Morgan fingerprint density at radius 2 is 1.52 bits per heavy atom. The number of hydrogen-bond acceptors (Lipinski definition) is 6. The molecule has 0 aliphatic heterocycles. The number of Topliss-reactive ketones (excluding diaryl/α,β-unsaturated/α-hetero) is 1. The largest absolute Gasteiger partial charge is 0.497 e. The number of thioether (sulfide) groups is 1. The van der Waals surface area contributed by atoms with Gasteiger partial charge in [0.1, 0.15) is 22.8 Å². The fourth-order valence-corrected chi connectivity index (χ4v) is 3.81. The van der Waals surface area contributed by atoms with E-state index in [1.165, 1.54) is 26.0 Å². The van der Waals surface area contributed by atoms with Crippen LogP contribution in [0.1, 0.15) is 20.7 Å². The van der Waals surface area contributed by atoms with Crippen LogP contribution in [-0.4, -0.2) is 38.8 Å². The summed E-state index contributed by atoms with van der Waals surface area (Å²) in [6.45, 7) is 0. The number of benzene rings is 3. The zero-order chi connectivity index (χ0) is 22.2. The lowest BCUT2D eigenvalue weighted by Gasteiger charge is -2.13. The molecule has 0 spiro atoms. The lowest BCUT2D eigenvalue weighted by atomic mass is 10.1. The van der Waals surface area contributed by atoms with Crippen molar-refractivity contribution in [3.05, 3.63) is 77.9 Å². The Morgan fingerprint density at radius 1 is 0.839 bits per heavy atom. The van der Waals surface area contributed by atoms with Crippen molar-refractivity contribution >= 4 is 29.1 Å². The number of methoxy groups -OCH3 is 3. The topological polar surface area (TPSA) is 73.9 Å². The Balaban J connectivity index is 1.69. The van der Waals surface area contributed by atoms with Crippen molar-refractivity contribution < 1.29 is 23.8 Å². The number of nitrogens with one attached hydrogen (secondary N) is 1. The first-order valence-corrected chi connectivity index (χ1v) is 10.5. The van der Waals surface area contributed by atoms with E-state index in [4.69, 9.17) is 14.2 Å². The lowest BCUT2D eigenvalue weighted by molar-refractivity contribution is 0.101. The molecule has 0 aromatic heterocycles. The van der Waals surface area contributed by atoms with Gasteiger partial charge in [0.05, 0.1) is 27.1 Å². The maximum Gasteiger partial charge on any atom is 0.263 e. The van der Waals surface area contributed by atoms with Crippen molar-refractivity contribution in [1.29, 1.82) is 0 Å². The third kappa shape index (κ3) is 5.58. The molecule has 0 atom stereocenters. The van der Waals surface area contributed by atoms with Gasteiger partial charge < -0.3 is 19.5 Å². The molecule has 0 aliphatic rings. The average Bonchev–Trinajstić information content (AvgIpc) is 2.82. The van der Waals surface area contributed by atoms with Crippen LogP contribution >= 0.6 is 11.8 Å². The number of ether oxygens (including phenoxy) is 3. The molecule has 0 saturated carbocycles. The van der Waals surface area contributed by atoms with E-state index in [9.17, 15) is 9.59 Å². The van der Waals surface area contributed by atoms with Gasteiger partial charge in [-0.05, 0) is 42.5 Å². The van der Waals surface area contributed by atoms with Crippen LogP contribution in [0.15, 0.2) is 71.6 Å². The third-order valence-corrected chi connectivity index (χ3v) is 5.50. The summed E-state index contributed by atoms with van der Waals surface area (Å²) in [6.07, 6.45) is 0. The molecule has 7 heteroatoms. The first kappa shape index (κ1) is 22.2. The fraction of sp³-hybridized carbons (Fsp3) is 0.167. The van der Waals surface area contributed by atoms with Crippen LogP contribution in [-0.2, 0) is 0 Å². The van der Waals surface area contributed by atoms with Gasteiger partial charge in [0.2, 0.25) is 0 Å². The summed E-state index contributed by atoms with van der Waals surface area (Å²) in [5, 5.41) is 2.87. The molecule has 0 radical (unpaired) electrons. The number of anilines is 1. The number of ketones is 1. The summed E-state index contributed by atoms with van der Waals surface area (Å²) >= 11 is 1.40.